The molecule has 0 fully saturated rings. The summed E-state index contributed by atoms with van der Waals surface area (Å²) >= 11 is 0. The number of esters is 1. The predicted octanol–water partition coefficient (Wildman–Crippen LogP) is 2.02. The highest BCUT2D eigenvalue weighted by atomic mass is 19.4. The van der Waals surface area contributed by atoms with Gasteiger partial charge in [-0.3, -0.25) is 4.79 Å². The highest BCUT2D eigenvalue weighted by Crippen LogP contribution is 2.22. The largest absolute Gasteiger partial charge is 0.490 e. The predicted molar refractivity (Wildman–Crippen MR) is 109 cm³/mol. The fourth-order valence-electron chi connectivity index (χ4n) is 2.78. The van der Waals surface area contributed by atoms with Gasteiger partial charge in [-0.05, 0) is 41.0 Å². The van der Waals surface area contributed by atoms with Crippen molar-refractivity contribution in [3.05, 3.63) is 65.0 Å². The number of ether oxygens (including phenoxy) is 1. The van der Waals surface area contributed by atoms with Gasteiger partial charge in [0.25, 0.3) is 5.91 Å². The number of nitrogens with one attached hydrogen (secondary N) is 1. The molecule has 0 spiro atoms. The van der Waals surface area contributed by atoms with Crippen molar-refractivity contribution in [1.82, 2.24) is 14.2 Å². The van der Waals surface area contributed by atoms with Gasteiger partial charge in [0.1, 0.15) is 0 Å². The number of hydrogen-bond donors (Lipinski definition) is 2. The van der Waals surface area contributed by atoms with E-state index in [1.807, 2.05) is 0 Å². The molecule has 0 radical (unpaired) electrons. The van der Waals surface area contributed by atoms with Gasteiger partial charge in [0, 0.05) is 18.4 Å². The number of halogens is 4. The van der Waals surface area contributed by atoms with E-state index in [0.29, 0.717) is 23.1 Å². The van der Waals surface area contributed by atoms with Crippen molar-refractivity contribution in [2.45, 2.75) is 12.7 Å². The number of hydrogen-bond acceptors (Lipinski definition) is 6. The lowest BCUT2D eigenvalue weighted by atomic mass is 10.1. The summed E-state index contributed by atoms with van der Waals surface area (Å²) in [6.07, 6.45) is -3.31. The number of alkyl halides is 3. The van der Waals surface area contributed by atoms with E-state index in [1.54, 1.807) is 24.3 Å². The van der Waals surface area contributed by atoms with Crippen LogP contribution >= 0.6 is 0 Å². The fourth-order valence-corrected chi connectivity index (χ4v) is 2.78. The zero-order valence-electron chi connectivity index (χ0n) is 16.8. The second-order valence-corrected chi connectivity index (χ2v) is 6.76. The van der Waals surface area contributed by atoms with Crippen LogP contribution in [0.2, 0.25) is 0 Å². The van der Waals surface area contributed by atoms with E-state index in [9.17, 15) is 31.9 Å². The van der Waals surface area contributed by atoms with E-state index in [2.05, 4.69) is 15.2 Å². The van der Waals surface area contributed by atoms with Gasteiger partial charge in [0.2, 0.25) is 0 Å². The van der Waals surface area contributed by atoms with Gasteiger partial charge in [-0.15, -0.1) is 5.10 Å². The molecule has 0 aliphatic heterocycles. The Morgan fingerprint density at radius 1 is 1.12 bits per heavy atom. The van der Waals surface area contributed by atoms with Crippen LogP contribution in [0.1, 0.15) is 0 Å². The van der Waals surface area contributed by atoms with Crippen LogP contribution in [-0.4, -0.2) is 45.4 Å². The number of nitrogens with zero attached hydrogens (tertiary/aromatic N) is 3. The average Bonchev–Trinajstić information content (AvgIpc) is 3.10. The molecule has 0 aliphatic carbocycles. The van der Waals surface area contributed by atoms with Crippen molar-refractivity contribution in [3.63, 3.8) is 0 Å². The maximum atomic E-state index is 12.8. The summed E-state index contributed by atoms with van der Waals surface area (Å²) in [7, 11) is 0. The maximum Gasteiger partial charge on any atom is 0.490 e. The zero-order chi connectivity index (χ0) is 24.2. The van der Waals surface area contributed by atoms with Crippen LogP contribution in [0.15, 0.2) is 59.3 Å². The van der Waals surface area contributed by atoms with Crippen LogP contribution in [0.5, 0.6) is 0 Å². The van der Waals surface area contributed by atoms with Crippen molar-refractivity contribution in [2.24, 2.45) is 5.73 Å². The molecule has 0 saturated heterocycles. The fraction of sp³-hybridized carbons (Fsp3) is 0.200. The topological polar surface area (TPSA) is 121 Å². The molecule has 3 aromatic rings. The Balaban J connectivity index is 1.72. The lowest BCUT2D eigenvalue weighted by Gasteiger charge is -2.09. The number of anilines is 1. The second-order valence-electron chi connectivity index (χ2n) is 6.76. The first-order valence-electron chi connectivity index (χ1n) is 9.34. The minimum Gasteiger partial charge on any atom is -0.449 e. The molecular formula is C20H17F4N5O4. The summed E-state index contributed by atoms with van der Waals surface area (Å²) in [5, 5.41) is 6.43. The lowest BCUT2D eigenvalue weighted by molar-refractivity contribution is -0.199. The number of rotatable bonds is 7. The molecule has 3 rings (SSSR count). The minimum absolute atomic E-state index is 0.0598. The standard InChI is InChI=1S/C20H17F4N5O4/c21-7-12(8-25)9-29-19(32)28-10-14(3-6-16(28)27-29)13-1-4-15(5-2-13)26-17(30)11-33-18(31)20(22,23)24/h1-7,10H,8-9,11,25H2,(H,26,30)/b12-7+. The third-order valence-corrected chi connectivity index (χ3v) is 4.41. The number of aromatic nitrogens is 3. The molecule has 13 heteroatoms. The number of carbonyl (C=O) groups is 2. The number of amides is 1. The monoisotopic (exact) mass is 467 g/mol. The van der Waals surface area contributed by atoms with Gasteiger partial charge < -0.3 is 15.8 Å². The Bertz CT molecular complexity index is 1260. The number of pyridine rings is 1. The van der Waals surface area contributed by atoms with E-state index in [-0.39, 0.29) is 24.4 Å². The Morgan fingerprint density at radius 3 is 2.39 bits per heavy atom. The molecule has 9 nitrogen and oxygen atoms in total. The van der Waals surface area contributed by atoms with Crippen molar-refractivity contribution in [2.75, 3.05) is 18.5 Å². The van der Waals surface area contributed by atoms with Gasteiger partial charge in [0.05, 0.1) is 12.9 Å². The number of fused-ring (bicyclic) bond motifs is 1. The molecule has 174 valence electrons. The van der Waals surface area contributed by atoms with E-state index in [4.69, 9.17) is 5.73 Å². The van der Waals surface area contributed by atoms with Crippen LogP contribution in [0.3, 0.4) is 0 Å². The molecular weight excluding hydrogens is 450 g/mol. The summed E-state index contributed by atoms with van der Waals surface area (Å²) in [6.45, 7) is -1.24. The second kappa shape index (κ2) is 9.65. The maximum absolute atomic E-state index is 12.8. The number of benzene rings is 1. The molecule has 1 amide bonds. The normalized spacial score (nSPS) is 12.1. The summed E-state index contributed by atoms with van der Waals surface area (Å²) in [6, 6.07) is 9.46. The van der Waals surface area contributed by atoms with Crippen LogP contribution < -0.4 is 16.7 Å². The lowest BCUT2D eigenvalue weighted by Crippen LogP contribution is -2.29. The summed E-state index contributed by atoms with van der Waals surface area (Å²) in [5.74, 6) is -3.40. The van der Waals surface area contributed by atoms with E-state index in [1.165, 1.54) is 22.7 Å². The van der Waals surface area contributed by atoms with Crippen LogP contribution in [0, 0.1) is 0 Å². The molecule has 0 atom stereocenters. The Labute approximate surface area is 183 Å². The molecule has 2 heterocycles. The van der Waals surface area contributed by atoms with E-state index in [0.717, 1.165) is 4.68 Å². The third-order valence-electron chi connectivity index (χ3n) is 4.41. The highest BCUT2D eigenvalue weighted by molar-refractivity contribution is 5.93. The average molecular weight is 467 g/mol. The molecule has 0 saturated carbocycles. The molecule has 0 unspecified atom stereocenters. The smallest absolute Gasteiger partial charge is 0.449 e. The van der Waals surface area contributed by atoms with E-state index >= 15 is 0 Å². The quantitative estimate of drug-likeness (QED) is 0.405. The summed E-state index contributed by atoms with van der Waals surface area (Å²) in [4.78, 5) is 34.9. The number of nitrogens with two attached hydrogens (primary N) is 1. The zero-order valence-corrected chi connectivity index (χ0v) is 16.8. The van der Waals surface area contributed by atoms with Crippen LogP contribution in [0.25, 0.3) is 16.8 Å². The van der Waals surface area contributed by atoms with Crippen LogP contribution in [-0.2, 0) is 20.9 Å². The van der Waals surface area contributed by atoms with Gasteiger partial charge >= 0.3 is 17.8 Å². The minimum atomic E-state index is -5.18. The van der Waals surface area contributed by atoms with Gasteiger partial charge in [-0.1, -0.05) is 12.1 Å². The van der Waals surface area contributed by atoms with E-state index < -0.39 is 30.3 Å². The molecule has 3 N–H and O–H groups in total. The Morgan fingerprint density at radius 2 is 1.79 bits per heavy atom. The molecule has 0 bridgehead atoms. The van der Waals surface area contributed by atoms with Gasteiger partial charge in [0.15, 0.2) is 12.3 Å². The first-order valence-corrected chi connectivity index (χ1v) is 9.34. The van der Waals surface area contributed by atoms with Crippen molar-refractivity contribution >= 4 is 23.2 Å². The van der Waals surface area contributed by atoms with Crippen molar-refractivity contribution in [1.29, 1.82) is 0 Å². The first kappa shape index (κ1) is 23.7. The summed E-state index contributed by atoms with van der Waals surface area (Å²) < 4.78 is 55.3. The SMILES string of the molecule is NC/C(=C\F)Cn1nc2ccc(-c3ccc(NC(=O)COC(=O)C(F)(F)F)cc3)cn2c1=O. The Hall–Kier alpha value is -4.00. The van der Waals surface area contributed by atoms with Gasteiger partial charge in [-0.25, -0.2) is 23.1 Å². The first-order chi connectivity index (χ1) is 15.6. The highest BCUT2D eigenvalue weighted by Gasteiger charge is 2.41. The van der Waals surface area contributed by atoms with Crippen molar-refractivity contribution in [3.8, 4) is 11.1 Å². The van der Waals surface area contributed by atoms with Gasteiger partial charge in [-0.2, -0.15) is 13.2 Å². The molecule has 0 aliphatic rings. The molecule has 2 aromatic heterocycles. The molecule has 1 aromatic carbocycles. The molecule has 33 heavy (non-hydrogen) atoms. The summed E-state index contributed by atoms with van der Waals surface area (Å²) in [5.41, 5.74) is 7.01. The third kappa shape index (κ3) is 5.63. The Kier molecular flexibility index (Phi) is 6.92. The van der Waals surface area contributed by atoms with Crippen LogP contribution in [0.4, 0.5) is 23.2 Å². The number of carbonyl (C=O) groups excluding carboxylic acids is 2. The van der Waals surface area contributed by atoms with Crippen molar-refractivity contribution < 1.29 is 31.9 Å².